The molecule has 0 radical (unpaired) electrons. The third kappa shape index (κ3) is 5.52. The van der Waals surface area contributed by atoms with Crippen LogP contribution in [-0.4, -0.2) is 64.2 Å². The summed E-state index contributed by atoms with van der Waals surface area (Å²) in [5, 5.41) is 70.7. The average Bonchev–Trinajstić information content (AvgIpc) is 2.91. The third-order valence-electron chi connectivity index (χ3n) is 6.44. The van der Waals surface area contributed by atoms with Crippen molar-refractivity contribution >= 4 is 73.9 Å². The molecule has 0 aliphatic heterocycles. The van der Waals surface area contributed by atoms with E-state index in [4.69, 9.17) is 9.68 Å². The van der Waals surface area contributed by atoms with E-state index >= 15 is 0 Å². The summed E-state index contributed by atoms with van der Waals surface area (Å²) >= 11 is 0. The predicted octanol–water partition coefficient (Wildman–Crippen LogP) is -4.28. The van der Waals surface area contributed by atoms with Crippen molar-refractivity contribution in [1.29, 1.82) is 0 Å². The van der Waals surface area contributed by atoms with Gasteiger partial charge in [-0.2, -0.15) is 0 Å². The van der Waals surface area contributed by atoms with Crippen LogP contribution in [-0.2, 0) is 0 Å². The average molecular weight is 516 g/mol. The van der Waals surface area contributed by atoms with Gasteiger partial charge in [-0.3, -0.25) is 0 Å². The van der Waals surface area contributed by atoms with Gasteiger partial charge in [-0.05, 0) is 0 Å². The second kappa shape index (κ2) is 11.6. The first-order valence-electron chi connectivity index (χ1n) is 11.5. The summed E-state index contributed by atoms with van der Waals surface area (Å²) < 4.78 is 5.22. The molecule has 4 aromatic carbocycles. The number of benzene rings is 4. The van der Waals surface area contributed by atoms with E-state index in [0.717, 1.165) is 21.2 Å². The van der Waals surface area contributed by atoms with E-state index in [1.165, 1.54) is 0 Å². The molecule has 37 heavy (non-hydrogen) atoms. The molecule has 0 saturated carbocycles. The zero-order valence-electron chi connectivity index (χ0n) is 19.7. The number of rotatable bonds is 9. The van der Waals surface area contributed by atoms with Crippen LogP contribution in [0.5, 0.6) is 5.75 Å². The van der Waals surface area contributed by atoms with E-state index in [1.54, 1.807) is 48.5 Å². The monoisotopic (exact) mass is 516 g/mol. The summed E-state index contributed by atoms with van der Waals surface area (Å²) in [4.78, 5) is 0. The van der Waals surface area contributed by atoms with Gasteiger partial charge in [-0.1, -0.05) is 0 Å². The van der Waals surface area contributed by atoms with Crippen molar-refractivity contribution in [3.63, 3.8) is 0 Å². The van der Waals surface area contributed by atoms with Crippen LogP contribution in [0.25, 0.3) is 0 Å². The minimum absolute atomic E-state index is 0.329. The second-order valence-electron chi connectivity index (χ2n) is 8.53. The normalized spacial score (nSPS) is 11.5. The van der Waals surface area contributed by atoms with Crippen LogP contribution >= 0.6 is 7.26 Å². The molecule has 0 amide bonds. The molecular weight excluding hydrogens is 490 g/mol. The molecule has 0 bridgehead atoms. The standard InChI is InChI=1S/C24H25B4O8P/c29-25-36-20-7-15-24(16-8-20)37(21-9-1-17(2-10-21)26(30)31,22-11-3-18(4-12-22)27(32)33)23-13-5-19(6-14-23)28(34)35/h1-16,25,29-35,37H. The van der Waals surface area contributed by atoms with E-state index in [9.17, 15) is 30.1 Å². The van der Waals surface area contributed by atoms with Crippen molar-refractivity contribution in [3.05, 3.63) is 97.1 Å². The zero-order chi connectivity index (χ0) is 26.6. The van der Waals surface area contributed by atoms with Crippen molar-refractivity contribution in [2.75, 3.05) is 0 Å². The molecular formula is C24H25B4O8P. The molecule has 0 heterocycles. The Kier molecular flexibility index (Phi) is 8.54. The number of hydrogen-bond donors (Lipinski definition) is 7. The molecule has 13 heteroatoms. The Balaban J connectivity index is 2.04. The summed E-state index contributed by atoms with van der Waals surface area (Å²) in [5.74, 6) is 0.477. The Hall–Kier alpha value is -2.91. The fourth-order valence-electron chi connectivity index (χ4n) is 4.59. The summed E-state index contributed by atoms with van der Waals surface area (Å²) in [6.45, 7) is 0. The van der Waals surface area contributed by atoms with Crippen molar-refractivity contribution < 1.29 is 39.8 Å². The van der Waals surface area contributed by atoms with Crippen molar-refractivity contribution in [2.24, 2.45) is 0 Å². The fourth-order valence-corrected chi connectivity index (χ4v) is 9.26. The molecule has 0 spiro atoms. The molecule has 0 atom stereocenters. The molecule has 4 rings (SSSR count). The van der Waals surface area contributed by atoms with Crippen LogP contribution < -0.4 is 42.3 Å². The Morgan fingerprint density at radius 3 is 0.973 bits per heavy atom. The van der Waals surface area contributed by atoms with Gasteiger partial charge in [0.2, 0.25) is 0 Å². The van der Waals surface area contributed by atoms with Gasteiger partial charge in [0.15, 0.2) is 0 Å². The maximum absolute atomic E-state index is 9.65. The van der Waals surface area contributed by atoms with Gasteiger partial charge in [-0.25, -0.2) is 0 Å². The molecule has 0 aliphatic rings. The van der Waals surface area contributed by atoms with Crippen LogP contribution in [0.1, 0.15) is 0 Å². The molecule has 0 fully saturated rings. The van der Waals surface area contributed by atoms with Gasteiger partial charge in [0.1, 0.15) is 0 Å². The van der Waals surface area contributed by atoms with Gasteiger partial charge in [-0.15, -0.1) is 0 Å². The van der Waals surface area contributed by atoms with Crippen LogP contribution in [0.15, 0.2) is 97.1 Å². The molecule has 4 aromatic rings. The van der Waals surface area contributed by atoms with E-state index in [1.807, 2.05) is 48.5 Å². The predicted molar refractivity (Wildman–Crippen MR) is 152 cm³/mol. The summed E-state index contributed by atoms with van der Waals surface area (Å²) in [6, 6.07) is 28.2. The van der Waals surface area contributed by atoms with Gasteiger partial charge < -0.3 is 0 Å². The Morgan fingerprint density at radius 1 is 0.459 bits per heavy atom. The van der Waals surface area contributed by atoms with Crippen LogP contribution in [0.4, 0.5) is 0 Å². The maximum atomic E-state index is 9.65. The van der Waals surface area contributed by atoms with Gasteiger partial charge in [0.25, 0.3) is 0 Å². The van der Waals surface area contributed by atoms with E-state index in [0.29, 0.717) is 22.1 Å². The molecule has 7 N–H and O–H groups in total. The molecule has 0 aromatic heterocycles. The Bertz CT molecular complexity index is 1180. The minimum atomic E-state index is -3.13. The first-order valence-corrected chi connectivity index (χ1v) is 13.5. The van der Waals surface area contributed by atoms with Crippen LogP contribution in [0, 0.1) is 0 Å². The third-order valence-corrected chi connectivity index (χ3v) is 11.2. The van der Waals surface area contributed by atoms with Gasteiger partial charge >= 0.3 is 217 Å². The molecule has 0 unspecified atom stereocenters. The summed E-state index contributed by atoms with van der Waals surface area (Å²) in [7, 11) is -8.48. The Morgan fingerprint density at radius 2 is 0.730 bits per heavy atom. The van der Waals surface area contributed by atoms with E-state index in [2.05, 4.69) is 0 Å². The van der Waals surface area contributed by atoms with Gasteiger partial charge in [0.05, 0.1) is 0 Å². The SMILES string of the molecule is OBOc1ccc([PH](c2ccc(B(O)O)cc2)(c2ccc(B(O)O)cc2)c2ccc(B(O)O)cc2)cc1. The molecule has 186 valence electrons. The summed E-state index contributed by atoms with van der Waals surface area (Å²) in [6.07, 6.45) is 0. The van der Waals surface area contributed by atoms with Crippen LogP contribution in [0.2, 0.25) is 0 Å². The first-order chi connectivity index (χ1) is 17.8. The number of hydrogen-bond acceptors (Lipinski definition) is 8. The van der Waals surface area contributed by atoms with Gasteiger partial charge in [0, 0.05) is 0 Å². The first kappa shape index (κ1) is 27.1. The summed E-state index contributed by atoms with van der Waals surface area (Å²) in [5.41, 5.74) is 0.988. The zero-order valence-corrected chi connectivity index (χ0v) is 20.7. The topological polar surface area (TPSA) is 151 Å². The molecule has 0 aliphatic carbocycles. The van der Waals surface area contributed by atoms with E-state index < -0.39 is 36.3 Å². The van der Waals surface area contributed by atoms with Crippen molar-refractivity contribution in [2.45, 2.75) is 0 Å². The molecule has 0 saturated heterocycles. The quantitative estimate of drug-likeness (QED) is 0.0874. The van der Waals surface area contributed by atoms with E-state index in [-0.39, 0.29) is 0 Å². The van der Waals surface area contributed by atoms with Crippen LogP contribution in [0.3, 0.4) is 0 Å². The second-order valence-corrected chi connectivity index (χ2v) is 12.3. The van der Waals surface area contributed by atoms with Crippen molar-refractivity contribution in [3.8, 4) is 5.75 Å². The Labute approximate surface area is 216 Å². The fraction of sp³-hybridized carbons (Fsp3) is 0. The van der Waals surface area contributed by atoms with Crippen molar-refractivity contribution in [1.82, 2.24) is 0 Å². The molecule has 8 nitrogen and oxygen atoms in total.